The summed E-state index contributed by atoms with van der Waals surface area (Å²) in [6.07, 6.45) is 8.80. The van der Waals surface area contributed by atoms with Crippen molar-refractivity contribution in [3.8, 4) is 0 Å². The number of hydrogen-bond donors (Lipinski definition) is 0. The van der Waals surface area contributed by atoms with E-state index in [4.69, 9.17) is 9.47 Å². The number of esters is 2. The van der Waals surface area contributed by atoms with E-state index in [0.29, 0.717) is 12.8 Å². The van der Waals surface area contributed by atoms with Crippen molar-refractivity contribution in [2.75, 3.05) is 0 Å². The van der Waals surface area contributed by atoms with Crippen molar-refractivity contribution >= 4 is 11.9 Å². The van der Waals surface area contributed by atoms with Gasteiger partial charge in [0.2, 0.25) is 0 Å². The molecule has 0 N–H and O–H groups in total. The van der Waals surface area contributed by atoms with Gasteiger partial charge in [-0.1, -0.05) is 91.4 Å². The lowest BCUT2D eigenvalue weighted by molar-refractivity contribution is -0.174. The van der Waals surface area contributed by atoms with Crippen LogP contribution in [0, 0.1) is 10.8 Å². The maximum atomic E-state index is 13.4. The smallest absolute Gasteiger partial charge is 0.324 e. The molecule has 4 nitrogen and oxygen atoms in total. The molecule has 0 heterocycles. The number of carbonyl (C=O) groups is 2. The van der Waals surface area contributed by atoms with Gasteiger partial charge in [0.25, 0.3) is 0 Å². The Labute approximate surface area is 183 Å². The van der Waals surface area contributed by atoms with Crippen LogP contribution in [0.15, 0.2) is 84.5 Å². The Morgan fingerprint density at radius 1 is 0.871 bits per heavy atom. The van der Waals surface area contributed by atoms with Gasteiger partial charge in [-0.15, -0.1) is 0 Å². The van der Waals surface area contributed by atoms with Crippen LogP contribution in [-0.2, 0) is 32.3 Å². The third-order valence-corrected chi connectivity index (χ3v) is 6.46. The maximum Gasteiger partial charge on any atom is 0.324 e. The Bertz CT molecular complexity index is 935. The monoisotopic (exact) mass is 416 g/mol. The molecule has 0 aliphatic heterocycles. The van der Waals surface area contributed by atoms with Gasteiger partial charge in [0.05, 0.1) is 0 Å². The predicted molar refractivity (Wildman–Crippen MR) is 119 cm³/mol. The summed E-state index contributed by atoms with van der Waals surface area (Å²) in [4.78, 5) is 26.8. The molecule has 1 fully saturated rings. The van der Waals surface area contributed by atoms with E-state index in [1.165, 1.54) is 0 Å². The van der Waals surface area contributed by atoms with Crippen molar-refractivity contribution in [1.82, 2.24) is 0 Å². The van der Waals surface area contributed by atoms with Gasteiger partial charge in [-0.3, -0.25) is 9.59 Å². The molecule has 4 rings (SSSR count). The van der Waals surface area contributed by atoms with E-state index in [1.807, 2.05) is 66.7 Å². The first-order chi connectivity index (χ1) is 15.0. The average Bonchev–Trinajstić information content (AvgIpc) is 2.99. The first-order valence-corrected chi connectivity index (χ1v) is 10.8. The number of rotatable bonds is 6. The first kappa shape index (κ1) is 21.1. The Hall–Kier alpha value is -3.14. The molecule has 0 radical (unpaired) electrons. The van der Waals surface area contributed by atoms with Crippen LogP contribution in [0.5, 0.6) is 0 Å². The third kappa shape index (κ3) is 4.48. The van der Waals surface area contributed by atoms with Crippen LogP contribution in [0.4, 0.5) is 0 Å². The summed E-state index contributed by atoms with van der Waals surface area (Å²) < 4.78 is 11.4. The van der Waals surface area contributed by atoms with Crippen molar-refractivity contribution in [3.05, 3.63) is 95.6 Å². The third-order valence-electron chi connectivity index (χ3n) is 6.46. The molecule has 0 spiro atoms. The molecule has 0 saturated heterocycles. The van der Waals surface area contributed by atoms with Gasteiger partial charge in [-0.25, -0.2) is 0 Å². The number of ether oxygens (including phenoxy) is 2. The van der Waals surface area contributed by atoms with Gasteiger partial charge in [0.15, 0.2) is 5.41 Å². The van der Waals surface area contributed by atoms with Crippen LogP contribution in [0.3, 0.4) is 0 Å². The van der Waals surface area contributed by atoms with E-state index < -0.39 is 17.4 Å². The lowest BCUT2D eigenvalue weighted by atomic mass is 9.77. The molecule has 2 aliphatic carbocycles. The molecule has 0 unspecified atom stereocenters. The number of hydrogen-bond acceptors (Lipinski definition) is 4. The minimum absolute atomic E-state index is 0.142. The van der Waals surface area contributed by atoms with E-state index >= 15 is 0 Å². The highest BCUT2D eigenvalue weighted by Gasteiger charge is 2.59. The van der Waals surface area contributed by atoms with E-state index in [9.17, 15) is 9.59 Å². The predicted octanol–water partition coefficient (Wildman–Crippen LogP) is 5.54. The Morgan fingerprint density at radius 3 is 1.97 bits per heavy atom. The highest BCUT2D eigenvalue weighted by atomic mass is 16.6. The van der Waals surface area contributed by atoms with Gasteiger partial charge >= 0.3 is 11.9 Å². The fourth-order valence-electron chi connectivity index (χ4n) is 4.67. The molecule has 1 atom stereocenters. The van der Waals surface area contributed by atoms with Gasteiger partial charge in [-0.05, 0) is 42.2 Å². The average molecular weight is 417 g/mol. The largest absolute Gasteiger partial charge is 0.460 e. The second kappa shape index (κ2) is 8.93. The molecule has 2 aromatic rings. The van der Waals surface area contributed by atoms with Crippen LogP contribution in [0.2, 0.25) is 0 Å². The summed E-state index contributed by atoms with van der Waals surface area (Å²) in [5.74, 6) is -0.984. The van der Waals surface area contributed by atoms with E-state index in [-0.39, 0.29) is 18.6 Å². The summed E-state index contributed by atoms with van der Waals surface area (Å²) >= 11 is 0. The Balaban J connectivity index is 1.57. The molecule has 31 heavy (non-hydrogen) atoms. The van der Waals surface area contributed by atoms with Crippen LogP contribution in [-0.4, -0.2) is 11.9 Å². The molecule has 4 heteroatoms. The molecule has 1 saturated carbocycles. The zero-order valence-electron chi connectivity index (χ0n) is 17.9. The van der Waals surface area contributed by atoms with Crippen molar-refractivity contribution in [1.29, 1.82) is 0 Å². The molecule has 160 valence electrons. The standard InChI is InChI=1S/C27H28O4/c1-26-16-10-4-9-15-23(26)17-27(20-26,24(28)30-18-21-11-5-2-6-12-21)25(29)31-19-22-13-7-3-8-14-22/h2-9,11-15H,10,16-20H2,1H3/t26-/m0/s1. The molecular formula is C27H28O4. The lowest BCUT2D eigenvalue weighted by Gasteiger charge is -2.28. The normalized spacial score (nSPS) is 21.5. The molecule has 2 aromatic carbocycles. The second-order valence-electron chi connectivity index (χ2n) is 8.78. The SMILES string of the molecule is C[C@@]12CCC=CC=C1CC(C(=O)OCc1ccccc1)(C(=O)OCc1ccccc1)C2. The molecule has 0 bridgehead atoms. The topological polar surface area (TPSA) is 52.6 Å². The van der Waals surface area contributed by atoms with E-state index in [2.05, 4.69) is 19.1 Å². The lowest BCUT2D eigenvalue weighted by Crippen LogP contribution is -2.40. The highest BCUT2D eigenvalue weighted by molar-refractivity contribution is 6.01. The van der Waals surface area contributed by atoms with E-state index in [1.54, 1.807) is 0 Å². The Kier molecular flexibility index (Phi) is 6.08. The van der Waals surface area contributed by atoms with E-state index in [0.717, 1.165) is 29.5 Å². The summed E-state index contributed by atoms with van der Waals surface area (Å²) in [5.41, 5.74) is 1.37. The molecule has 0 aromatic heterocycles. The van der Waals surface area contributed by atoms with Gasteiger partial charge < -0.3 is 9.47 Å². The van der Waals surface area contributed by atoms with Crippen molar-refractivity contribution in [3.63, 3.8) is 0 Å². The number of fused-ring (bicyclic) bond motifs is 1. The van der Waals surface area contributed by atoms with Gasteiger partial charge in [-0.2, -0.15) is 0 Å². The minimum Gasteiger partial charge on any atom is -0.460 e. The van der Waals surface area contributed by atoms with Gasteiger partial charge in [0.1, 0.15) is 13.2 Å². The van der Waals surface area contributed by atoms with Crippen LogP contribution >= 0.6 is 0 Å². The molecule has 0 amide bonds. The second-order valence-corrected chi connectivity index (χ2v) is 8.78. The van der Waals surface area contributed by atoms with Crippen molar-refractivity contribution < 1.29 is 19.1 Å². The van der Waals surface area contributed by atoms with Crippen molar-refractivity contribution in [2.45, 2.75) is 45.8 Å². The number of allylic oxidation sites excluding steroid dienone is 4. The quantitative estimate of drug-likeness (QED) is 0.459. The minimum atomic E-state index is -1.31. The fourth-order valence-corrected chi connectivity index (χ4v) is 4.67. The number of benzene rings is 2. The maximum absolute atomic E-state index is 13.4. The fraction of sp³-hybridized carbons (Fsp3) is 0.333. The molecular weight excluding hydrogens is 388 g/mol. The summed E-state index contributed by atoms with van der Waals surface area (Å²) in [6.45, 7) is 2.43. The van der Waals surface area contributed by atoms with Crippen LogP contribution < -0.4 is 0 Å². The summed E-state index contributed by atoms with van der Waals surface area (Å²) in [5, 5.41) is 0. The first-order valence-electron chi connectivity index (χ1n) is 10.8. The van der Waals surface area contributed by atoms with Crippen LogP contribution in [0.25, 0.3) is 0 Å². The summed E-state index contributed by atoms with van der Waals surface area (Å²) in [7, 11) is 0. The summed E-state index contributed by atoms with van der Waals surface area (Å²) in [6, 6.07) is 19.1. The zero-order valence-corrected chi connectivity index (χ0v) is 17.9. The molecule has 2 aliphatic rings. The number of carbonyl (C=O) groups excluding carboxylic acids is 2. The van der Waals surface area contributed by atoms with Crippen LogP contribution in [0.1, 0.15) is 43.7 Å². The zero-order chi connectivity index (χ0) is 21.7. The Morgan fingerprint density at radius 2 is 1.42 bits per heavy atom. The van der Waals surface area contributed by atoms with Crippen molar-refractivity contribution in [2.24, 2.45) is 10.8 Å². The van der Waals surface area contributed by atoms with Gasteiger partial charge in [0, 0.05) is 0 Å². The highest BCUT2D eigenvalue weighted by Crippen LogP contribution is 2.57.